The normalized spacial score (nSPS) is 12.7. The van der Waals surface area contributed by atoms with Crippen LogP contribution in [0.4, 0.5) is 4.79 Å². The molecule has 1 aromatic heterocycles. The molecular weight excluding hydrogens is 450 g/mol. The molecule has 3 N–H and O–H groups in total. The fourth-order valence-corrected chi connectivity index (χ4v) is 4.03. The summed E-state index contributed by atoms with van der Waals surface area (Å²) in [7, 11) is 0. The maximum absolute atomic E-state index is 12.5. The first kappa shape index (κ1) is 23.5. The number of ether oxygens (including phenoxy) is 1. The van der Waals surface area contributed by atoms with Crippen molar-refractivity contribution in [2.45, 2.75) is 24.9 Å². The molecule has 1 aliphatic carbocycles. The van der Waals surface area contributed by atoms with Crippen molar-refractivity contribution in [1.82, 2.24) is 25.6 Å². The molecule has 178 valence electrons. The third-order valence-corrected chi connectivity index (χ3v) is 5.67. The summed E-state index contributed by atoms with van der Waals surface area (Å²) < 4.78 is 6.78. The molecule has 3 aromatic rings. The van der Waals surface area contributed by atoms with Crippen LogP contribution in [0.15, 0.2) is 54.7 Å². The number of carbonyl (C=O) groups is 3. The number of fused-ring (bicyclic) bond motifs is 3. The number of terminal acetylenes is 1. The Balaban J connectivity index is 1.31. The molecule has 0 aliphatic heterocycles. The molecule has 0 bridgehead atoms. The number of rotatable bonds is 9. The predicted octanol–water partition coefficient (Wildman–Crippen LogP) is 2.02. The van der Waals surface area contributed by atoms with Gasteiger partial charge in [0.05, 0.1) is 12.7 Å². The maximum atomic E-state index is 12.5. The van der Waals surface area contributed by atoms with Gasteiger partial charge >= 0.3 is 12.1 Å². The van der Waals surface area contributed by atoms with E-state index in [2.05, 4.69) is 26.9 Å². The minimum absolute atomic E-state index is 0.0253. The zero-order valence-corrected chi connectivity index (χ0v) is 18.7. The Hall–Kier alpha value is -4.65. The molecule has 35 heavy (non-hydrogen) atoms. The first-order chi connectivity index (χ1) is 17.0. The van der Waals surface area contributed by atoms with Crippen molar-refractivity contribution in [2.75, 3.05) is 13.2 Å². The molecule has 1 heterocycles. The minimum Gasteiger partial charge on any atom is -0.476 e. The zero-order valence-electron chi connectivity index (χ0n) is 18.7. The van der Waals surface area contributed by atoms with Crippen molar-refractivity contribution in [2.24, 2.45) is 0 Å². The van der Waals surface area contributed by atoms with Crippen LogP contribution in [-0.2, 0) is 16.1 Å². The Bertz CT molecular complexity index is 1250. The standard InChI is InChI=1S/C25H23N5O5/c1-2-7-21(23(31)26-12-13-30-14-22(24(32)33)28-29-30)27-25(34)35-15-20-18-10-5-3-8-16(18)17-9-4-6-11-19(17)20/h1,3-6,8-11,14,20-21H,7,12-13,15H2,(H,26,31)(H,27,34)(H,32,33). The number of hydrogen-bond donors (Lipinski definition) is 3. The van der Waals surface area contributed by atoms with Crippen molar-refractivity contribution >= 4 is 18.0 Å². The van der Waals surface area contributed by atoms with Crippen molar-refractivity contribution in [3.05, 3.63) is 71.5 Å². The highest BCUT2D eigenvalue weighted by atomic mass is 16.5. The minimum atomic E-state index is -1.19. The molecule has 2 aromatic carbocycles. The number of amides is 2. The number of benzene rings is 2. The van der Waals surface area contributed by atoms with E-state index in [1.54, 1.807) is 0 Å². The molecule has 0 radical (unpaired) electrons. The number of hydrogen-bond acceptors (Lipinski definition) is 6. The number of carboxylic acids is 1. The smallest absolute Gasteiger partial charge is 0.407 e. The van der Waals surface area contributed by atoms with Crippen molar-refractivity contribution < 1.29 is 24.2 Å². The molecule has 0 fully saturated rings. The fourth-order valence-electron chi connectivity index (χ4n) is 4.03. The van der Waals surface area contributed by atoms with Crippen LogP contribution in [0.3, 0.4) is 0 Å². The van der Waals surface area contributed by atoms with Gasteiger partial charge in [0.25, 0.3) is 0 Å². The number of alkyl carbamates (subject to hydrolysis) is 1. The summed E-state index contributed by atoms with van der Waals surface area (Å²) in [5.41, 5.74) is 4.20. The molecule has 1 atom stereocenters. The van der Waals surface area contributed by atoms with E-state index in [1.165, 1.54) is 10.9 Å². The highest BCUT2D eigenvalue weighted by Gasteiger charge is 2.29. The third-order valence-electron chi connectivity index (χ3n) is 5.67. The maximum Gasteiger partial charge on any atom is 0.407 e. The van der Waals surface area contributed by atoms with Gasteiger partial charge < -0.3 is 20.5 Å². The quantitative estimate of drug-likeness (QED) is 0.405. The predicted molar refractivity (Wildman–Crippen MR) is 125 cm³/mol. The summed E-state index contributed by atoms with van der Waals surface area (Å²) in [6.07, 6.45) is 5.85. The van der Waals surface area contributed by atoms with Crippen LogP contribution in [0.25, 0.3) is 11.1 Å². The van der Waals surface area contributed by atoms with E-state index in [-0.39, 0.29) is 37.7 Å². The molecule has 4 rings (SSSR count). The lowest BCUT2D eigenvalue weighted by atomic mass is 9.98. The highest BCUT2D eigenvalue weighted by molar-refractivity contribution is 5.86. The fraction of sp³-hybridized carbons (Fsp3) is 0.240. The van der Waals surface area contributed by atoms with Crippen LogP contribution < -0.4 is 10.6 Å². The van der Waals surface area contributed by atoms with E-state index in [4.69, 9.17) is 16.3 Å². The second kappa shape index (κ2) is 10.5. The summed E-state index contributed by atoms with van der Waals surface area (Å²) in [4.78, 5) is 35.9. The van der Waals surface area contributed by atoms with Gasteiger partial charge in [-0.05, 0) is 22.3 Å². The van der Waals surface area contributed by atoms with Gasteiger partial charge in [-0.3, -0.25) is 4.79 Å². The summed E-state index contributed by atoms with van der Waals surface area (Å²) in [5.74, 6) is 0.589. The van der Waals surface area contributed by atoms with Crippen molar-refractivity contribution in [3.63, 3.8) is 0 Å². The second-order valence-corrected chi connectivity index (χ2v) is 7.89. The Kier molecular flexibility index (Phi) is 7.07. The largest absolute Gasteiger partial charge is 0.476 e. The Morgan fingerprint density at radius 1 is 1.11 bits per heavy atom. The number of aromatic nitrogens is 3. The zero-order chi connectivity index (χ0) is 24.8. The van der Waals surface area contributed by atoms with Crippen LogP contribution in [-0.4, -0.2) is 57.3 Å². The number of nitrogens with zero attached hydrogens (tertiary/aromatic N) is 3. The molecule has 2 amide bonds. The lowest BCUT2D eigenvalue weighted by molar-refractivity contribution is -0.123. The molecule has 0 saturated heterocycles. The Morgan fingerprint density at radius 3 is 2.37 bits per heavy atom. The first-order valence-corrected chi connectivity index (χ1v) is 10.9. The topological polar surface area (TPSA) is 135 Å². The van der Waals surface area contributed by atoms with Crippen LogP contribution in [0, 0.1) is 12.3 Å². The number of nitrogens with one attached hydrogen (secondary N) is 2. The first-order valence-electron chi connectivity index (χ1n) is 10.9. The molecular formula is C25H23N5O5. The van der Waals surface area contributed by atoms with E-state index < -0.39 is 24.0 Å². The van der Waals surface area contributed by atoms with Gasteiger partial charge in [-0.25, -0.2) is 14.3 Å². The van der Waals surface area contributed by atoms with E-state index in [1.807, 2.05) is 48.5 Å². The summed E-state index contributed by atoms with van der Waals surface area (Å²) >= 11 is 0. The van der Waals surface area contributed by atoms with E-state index in [0.717, 1.165) is 22.3 Å². The summed E-state index contributed by atoms with van der Waals surface area (Å²) in [5, 5.41) is 21.2. The van der Waals surface area contributed by atoms with Crippen molar-refractivity contribution in [1.29, 1.82) is 0 Å². The lowest BCUT2D eigenvalue weighted by Crippen LogP contribution is -2.47. The average Bonchev–Trinajstić information content (AvgIpc) is 3.46. The summed E-state index contributed by atoms with van der Waals surface area (Å²) in [6.45, 7) is 0.441. The van der Waals surface area contributed by atoms with Crippen LogP contribution in [0.5, 0.6) is 0 Å². The molecule has 1 unspecified atom stereocenters. The second-order valence-electron chi connectivity index (χ2n) is 7.89. The molecule has 0 spiro atoms. The van der Waals surface area contributed by atoms with E-state index in [9.17, 15) is 14.4 Å². The van der Waals surface area contributed by atoms with Gasteiger partial charge in [0, 0.05) is 18.9 Å². The SMILES string of the molecule is C#CCC(NC(=O)OCC1c2ccccc2-c2ccccc21)C(=O)NCCn1cc(C(=O)O)nn1. The molecule has 1 aliphatic rings. The average molecular weight is 473 g/mol. The van der Waals surface area contributed by atoms with Crippen LogP contribution >= 0.6 is 0 Å². The number of aromatic carboxylic acids is 1. The van der Waals surface area contributed by atoms with Gasteiger partial charge in [0.15, 0.2) is 5.69 Å². The van der Waals surface area contributed by atoms with E-state index >= 15 is 0 Å². The summed E-state index contributed by atoms with van der Waals surface area (Å²) in [6, 6.07) is 15.0. The van der Waals surface area contributed by atoms with Gasteiger partial charge in [-0.2, -0.15) is 0 Å². The monoisotopic (exact) mass is 473 g/mol. The van der Waals surface area contributed by atoms with Crippen LogP contribution in [0.2, 0.25) is 0 Å². The highest BCUT2D eigenvalue weighted by Crippen LogP contribution is 2.44. The lowest BCUT2D eigenvalue weighted by Gasteiger charge is -2.18. The van der Waals surface area contributed by atoms with Gasteiger partial charge in [0.2, 0.25) is 5.91 Å². The third kappa shape index (κ3) is 5.30. The Labute approximate surface area is 201 Å². The van der Waals surface area contributed by atoms with Crippen molar-refractivity contribution in [3.8, 4) is 23.5 Å². The Morgan fingerprint density at radius 2 is 1.77 bits per heavy atom. The number of carbonyl (C=O) groups excluding carboxylic acids is 2. The van der Waals surface area contributed by atoms with Crippen LogP contribution in [0.1, 0.15) is 34.0 Å². The number of carboxylic acid groups (broad SMARTS) is 1. The van der Waals surface area contributed by atoms with Gasteiger partial charge in [-0.1, -0.05) is 53.7 Å². The van der Waals surface area contributed by atoms with Gasteiger partial charge in [0.1, 0.15) is 12.6 Å². The van der Waals surface area contributed by atoms with Gasteiger partial charge in [-0.15, -0.1) is 17.4 Å². The van der Waals surface area contributed by atoms with E-state index in [0.29, 0.717) is 0 Å². The molecule has 0 saturated carbocycles. The molecule has 10 heteroatoms. The molecule has 10 nitrogen and oxygen atoms in total.